The molecule has 1 unspecified atom stereocenters. The third kappa shape index (κ3) is 2.92. The molecule has 1 heterocycles. The quantitative estimate of drug-likeness (QED) is 0.595. The average molecular weight is 319 g/mol. The van der Waals surface area contributed by atoms with Crippen LogP contribution in [0.3, 0.4) is 0 Å². The monoisotopic (exact) mass is 318 g/mol. The normalized spacial score (nSPS) is 12.8. The maximum atomic E-state index is 6.31. The van der Waals surface area contributed by atoms with Crippen LogP contribution in [0, 0.1) is 6.92 Å². The number of benzene rings is 2. The van der Waals surface area contributed by atoms with E-state index in [0.717, 1.165) is 28.4 Å². The molecule has 0 aliphatic carbocycles. The number of imidazole rings is 1. The number of hydrogen-bond donors (Lipinski definition) is 0. The van der Waals surface area contributed by atoms with E-state index in [1.54, 1.807) is 0 Å². The molecule has 0 spiro atoms. The van der Waals surface area contributed by atoms with E-state index in [2.05, 4.69) is 29.7 Å². The Morgan fingerprint density at radius 2 is 1.86 bits per heavy atom. The molecule has 0 amide bonds. The van der Waals surface area contributed by atoms with E-state index in [-0.39, 0.29) is 5.38 Å². The largest absolute Gasteiger partial charge is 0.322 e. The predicted octanol–water partition coefficient (Wildman–Crippen LogP) is 5.35. The Kier molecular flexibility index (Phi) is 3.92. The Labute approximate surface area is 134 Å². The molecule has 0 radical (unpaired) electrons. The smallest absolute Gasteiger partial charge is 0.128 e. The predicted molar refractivity (Wildman–Crippen MR) is 89.3 cm³/mol. The Hall–Kier alpha value is -1.51. The minimum absolute atomic E-state index is 0.134. The summed E-state index contributed by atoms with van der Waals surface area (Å²) in [7, 11) is 0. The fourth-order valence-corrected chi connectivity index (χ4v) is 2.79. The van der Waals surface area contributed by atoms with Gasteiger partial charge < -0.3 is 4.57 Å². The molecule has 0 fully saturated rings. The number of nitrogens with zero attached hydrogens (tertiary/aromatic N) is 2. The molecule has 0 N–H and O–H groups in total. The van der Waals surface area contributed by atoms with Crippen molar-refractivity contribution in [2.24, 2.45) is 0 Å². The van der Waals surface area contributed by atoms with Gasteiger partial charge in [-0.2, -0.15) is 0 Å². The van der Waals surface area contributed by atoms with Crippen LogP contribution >= 0.6 is 23.2 Å². The van der Waals surface area contributed by atoms with Gasteiger partial charge in [-0.25, -0.2) is 4.98 Å². The SMILES string of the molecule is Cc1ccc2c(c1)nc(C(C)Cl)n2Cc1ccc(Cl)cc1. The number of fused-ring (bicyclic) bond motifs is 1. The number of halogens is 2. The lowest BCUT2D eigenvalue weighted by Gasteiger charge is -2.11. The summed E-state index contributed by atoms with van der Waals surface area (Å²) in [5, 5.41) is 0.612. The van der Waals surface area contributed by atoms with Gasteiger partial charge in [-0.15, -0.1) is 11.6 Å². The molecule has 1 atom stereocenters. The minimum atomic E-state index is -0.134. The lowest BCUT2D eigenvalue weighted by molar-refractivity contribution is 0.742. The molecule has 108 valence electrons. The first-order valence-electron chi connectivity index (χ1n) is 6.90. The zero-order valence-corrected chi connectivity index (χ0v) is 13.5. The van der Waals surface area contributed by atoms with Crippen LogP contribution in [0.25, 0.3) is 11.0 Å². The molecule has 2 aromatic carbocycles. The van der Waals surface area contributed by atoms with E-state index in [4.69, 9.17) is 28.2 Å². The van der Waals surface area contributed by atoms with Crippen molar-refractivity contribution in [2.45, 2.75) is 25.8 Å². The van der Waals surface area contributed by atoms with Gasteiger partial charge in [0.15, 0.2) is 0 Å². The van der Waals surface area contributed by atoms with E-state index < -0.39 is 0 Å². The fourth-order valence-electron chi connectivity index (χ4n) is 2.50. The van der Waals surface area contributed by atoms with Crippen molar-refractivity contribution in [3.8, 4) is 0 Å². The number of alkyl halides is 1. The van der Waals surface area contributed by atoms with Gasteiger partial charge in [-0.05, 0) is 49.2 Å². The summed E-state index contributed by atoms with van der Waals surface area (Å²) in [4.78, 5) is 4.69. The van der Waals surface area contributed by atoms with Crippen LogP contribution in [0.2, 0.25) is 5.02 Å². The standard InChI is InChI=1S/C17H16Cl2N2/c1-11-3-8-16-15(9-11)20-17(12(2)18)21(16)10-13-4-6-14(19)7-5-13/h3-9,12H,10H2,1-2H3. The minimum Gasteiger partial charge on any atom is -0.322 e. The second-order valence-corrected chi connectivity index (χ2v) is 6.38. The number of hydrogen-bond acceptors (Lipinski definition) is 1. The van der Waals surface area contributed by atoms with E-state index in [0.29, 0.717) is 0 Å². The Morgan fingerprint density at radius 3 is 2.52 bits per heavy atom. The summed E-state index contributed by atoms with van der Waals surface area (Å²) < 4.78 is 2.18. The van der Waals surface area contributed by atoms with Gasteiger partial charge in [0.1, 0.15) is 5.82 Å². The van der Waals surface area contributed by atoms with Crippen molar-refractivity contribution in [3.63, 3.8) is 0 Å². The van der Waals surface area contributed by atoms with Crippen molar-refractivity contribution >= 4 is 34.2 Å². The Morgan fingerprint density at radius 1 is 1.14 bits per heavy atom. The molecule has 4 heteroatoms. The van der Waals surface area contributed by atoms with Crippen molar-refractivity contribution < 1.29 is 0 Å². The maximum Gasteiger partial charge on any atom is 0.128 e. The van der Waals surface area contributed by atoms with Crippen molar-refractivity contribution in [2.75, 3.05) is 0 Å². The van der Waals surface area contributed by atoms with Gasteiger partial charge in [0.05, 0.1) is 16.4 Å². The summed E-state index contributed by atoms with van der Waals surface area (Å²) in [6.45, 7) is 4.76. The molecule has 0 aliphatic heterocycles. The van der Waals surface area contributed by atoms with Crippen LogP contribution in [0.15, 0.2) is 42.5 Å². The van der Waals surface area contributed by atoms with E-state index in [9.17, 15) is 0 Å². The number of aromatic nitrogens is 2. The van der Waals surface area contributed by atoms with E-state index in [1.165, 1.54) is 11.1 Å². The van der Waals surface area contributed by atoms with Crippen LogP contribution in [0.5, 0.6) is 0 Å². The highest BCUT2D eigenvalue weighted by Gasteiger charge is 2.15. The molecule has 3 rings (SSSR count). The van der Waals surface area contributed by atoms with Gasteiger partial charge in [0.25, 0.3) is 0 Å². The van der Waals surface area contributed by atoms with E-state index >= 15 is 0 Å². The Balaban J connectivity index is 2.10. The van der Waals surface area contributed by atoms with Gasteiger partial charge in [0.2, 0.25) is 0 Å². The summed E-state index contributed by atoms with van der Waals surface area (Å²) >= 11 is 12.3. The summed E-state index contributed by atoms with van der Waals surface area (Å²) in [5.41, 5.74) is 4.48. The van der Waals surface area contributed by atoms with Gasteiger partial charge >= 0.3 is 0 Å². The second kappa shape index (κ2) is 5.70. The summed E-state index contributed by atoms with van der Waals surface area (Å²) in [5.74, 6) is 0.896. The lowest BCUT2D eigenvalue weighted by Crippen LogP contribution is -2.05. The van der Waals surface area contributed by atoms with Gasteiger partial charge in [-0.3, -0.25) is 0 Å². The second-order valence-electron chi connectivity index (χ2n) is 5.29. The van der Waals surface area contributed by atoms with Gasteiger partial charge in [0, 0.05) is 11.6 Å². The third-order valence-corrected chi connectivity index (χ3v) is 3.99. The van der Waals surface area contributed by atoms with E-state index in [1.807, 2.05) is 31.2 Å². The molecule has 0 saturated heterocycles. The molecule has 2 nitrogen and oxygen atoms in total. The summed E-state index contributed by atoms with van der Waals surface area (Å²) in [6.07, 6.45) is 0. The molecule has 0 bridgehead atoms. The molecular weight excluding hydrogens is 303 g/mol. The highest BCUT2D eigenvalue weighted by atomic mass is 35.5. The zero-order valence-electron chi connectivity index (χ0n) is 12.0. The maximum absolute atomic E-state index is 6.31. The molecular formula is C17H16Cl2N2. The first-order chi connectivity index (χ1) is 10.0. The molecule has 0 saturated carbocycles. The molecule has 3 aromatic rings. The molecule has 21 heavy (non-hydrogen) atoms. The first-order valence-corrected chi connectivity index (χ1v) is 7.71. The third-order valence-electron chi connectivity index (χ3n) is 3.54. The lowest BCUT2D eigenvalue weighted by atomic mass is 10.2. The van der Waals surface area contributed by atoms with Gasteiger partial charge in [-0.1, -0.05) is 29.8 Å². The molecule has 1 aromatic heterocycles. The average Bonchev–Trinajstić information content (AvgIpc) is 2.79. The first kappa shape index (κ1) is 14.4. The zero-order chi connectivity index (χ0) is 15.0. The van der Waals surface area contributed by atoms with Crippen LogP contribution in [0.1, 0.15) is 29.3 Å². The highest BCUT2D eigenvalue weighted by Crippen LogP contribution is 2.26. The topological polar surface area (TPSA) is 17.8 Å². The number of aryl methyl sites for hydroxylation is 1. The van der Waals surface area contributed by atoms with Crippen LogP contribution in [-0.2, 0) is 6.54 Å². The van der Waals surface area contributed by atoms with Crippen molar-refractivity contribution in [3.05, 3.63) is 64.4 Å². The van der Waals surface area contributed by atoms with Crippen molar-refractivity contribution in [1.82, 2.24) is 9.55 Å². The van der Waals surface area contributed by atoms with Crippen LogP contribution < -0.4 is 0 Å². The Bertz CT molecular complexity index is 773. The van der Waals surface area contributed by atoms with Crippen molar-refractivity contribution in [1.29, 1.82) is 0 Å². The number of rotatable bonds is 3. The fraction of sp³-hybridized carbons (Fsp3) is 0.235. The molecule has 0 aliphatic rings. The van der Waals surface area contributed by atoms with Crippen LogP contribution in [-0.4, -0.2) is 9.55 Å². The van der Waals surface area contributed by atoms with Crippen LogP contribution in [0.4, 0.5) is 0 Å². The highest BCUT2D eigenvalue weighted by molar-refractivity contribution is 6.30. The summed E-state index contributed by atoms with van der Waals surface area (Å²) in [6, 6.07) is 14.2.